The van der Waals surface area contributed by atoms with Gasteiger partial charge in [0.25, 0.3) is 5.91 Å². The molecule has 0 aliphatic heterocycles. The third kappa shape index (κ3) is 5.31. The second kappa shape index (κ2) is 7.27. The number of nitrogens with zero attached hydrogens (tertiary/aromatic N) is 1. The Morgan fingerprint density at radius 2 is 2.26 bits per heavy atom. The summed E-state index contributed by atoms with van der Waals surface area (Å²) in [4.78, 5) is 26.1. The molecule has 0 spiro atoms. The Morgan fingerprint density at radius 1 is 1.53 bits per heavy atom. The molecular formula is C13H16N2O4. The highest BCUT2D eigenvalue weighted by Crippen LogP contribution is 2.01. The van der Waals surface area contributed by atoms with Gasteiger partial charge in [-0.1, -0.05) is 12.2 Å². The highest BCUT2D eigenvalue weighted by molar-refractivity contribution is 5.96. The molecule has 1 amide bonds. The van der Waals surface area contributed by atoms with Gasteiger partial charge in [0.05, 0.1) is 13.2 Å². The molecule has 0 bridgehead atoms. The van der Waals surface area contributed by atoms with Gasteiger partial charge in [-0.25, -0.2) is 9.78 Å². The lowest BCUT2D eigenvalue weighted by molar-refractivity contribution is 0.0690. The summed E-state index contributed by atoms with van der Waals surface area (Å²) in [6.45, 7) is 6.70. The van der Waals surface area contributed by atoms with E-state index >= 15 is 0 Å². The van der Waals surface area contributed by atoms with E-state index in [2.05, 4.69) is 16.9 Å². The molecule has 0 saturated heterocycles. The van der Waals surface area contributed by atoms with E-state index in [-0.39, 0.29) is 17.2 Å². The molecule has 1 aromatic rings. The maximum absolute atomic E-state index is 11.7. The third-order valence-electron chi connectivity index (χ3n) is 2.12. The molecule has 2 N–H and O–H groups in total. The molecule has 1 aromatic heterocycles. The lowest BCUT2D eigenvalue weighted by Crippen LogP contribution is -2.27. The first-order valence-corrected chi connectivity index (χ1v) is 5.70. The summed E-state index contributed by atoms with van der Waals surface area (Å²) in [6.07, 6.45) is 1.29. The van der Waals surface area contributed by atoms with Gasteiger partial charge in [-0.2, -0.15) is 0 Å². The number of pyridine rings is 1. The van der Waals surface area contributed by atoms with Crippen molar-refractivity contribution in [1.29, 1.82) is 0 Å². The van der Waals surface area contributed by atoms with Crippen molar-refractivity contribution in [3.63, 3.8) is 0 Å². The van der Waals surface area contributed by atoms with Gasteiger partial charge in [0.15, 0.2) is 0 Å². The molecule has 0 atom stereocenters. The van der Waals surface area contributed by atoms with Crippen LogP contribution in [0.1, 0.15) is 27.8 Å². The van der Waals surface area contributed by atoms with Gasteiger partial charge < -0.3 is 15.2 Å². The van der Waals surface area contributed by atoms with Gasteiger partial charge in [-0.3, -0.25) is 4.79 Å². The molecule has 0 aromatic carbocycles. The summed E-state index contributed by atoms with van der Waals surface area (Å²) in [7, 11) is 0. The Morgan fingerprint density at radius 3 is 2.89 bits per heavy atom. The zero-order valence-corrected chi connectivity index (χ0v) is 10.7. The standard InChI is InChI=1S/C13H16N2O4/c1-9(2)8-19-6-5-15-12(16)10-3-4-14-11(7-10)13(17)18/h3-4,7H,1,5-6,8H2,2H3,(H,15,16)(H,17,18). The predicted molar refractivity (Wildman–Crippen MR) is 69.2 cm³/mol. The topological polar surface area (TPSA) is 88.5 Å². The average molecular weight is 264 g/mol. The molecule has 6 nitrogen and oxygen atoms in total. The number of aromatic nitrogens is 1. The minimum Gasteiger partial charge on any atom is -0.477 e. The Labute approximate surface area is 111 Å². The quantitative estimate of drug-likeness (QED) is 0.568. The molecular weight excluding hydrogens is 248 g/mol. The Balaban J connectivity index is 2.43. The van der Waals surface area contributed by atoms with E-state index in [4.69, 9.17) is 9.84 Å². The summed E-state index contributed by atoms with van der Waals surface area (Å²) in [5, 5.41) is 11.4. The van der Waals surface area contributed by atoms with Crippen LogP contribution >= 0.6 is 0 Å². The normalized spacial score (nSPS) is 9.95. The monoisotopic (exact) mass is 264 g/mol. The van der Waals surface area contributed by atoms with Gasteiger partial charge in [0.1, 0.15) is 5.69 Å². The molecule has 0 radical (unpaired) electrons. The number of rotatable bonds is 7. The second-order valence-electron chi connectivity index (χ2n) is 4.00. The average Bonchev–Trinajstić information content (AvgIpc) is 2.37. The van der Waals surface area contributed by atoms with Gasteiger partial charge in [0.2, 0.25) is 0 Å². The number of carboxylic acid groups (broad SMARTS) is 1. The molecule has 6 heteroatoms. The molecule has 0 unspecified atom stereocenters. The molecule has 19 heavy (non-hydrogen) atoms. The number of hydrogen-bond acceptors (Lipinski definition) is 4. The number of carbonyl (C=O) groups excluding carboxylic acids is 1. The zero-order chi connectivity index (χ0) is 14.3. The predicted octanol–water partition coefficient (Wildman–Crippen LogP) is 1.10. The molecule has 1 rings (SSSR count). The van der Waals surface area contributed by atoms with Crippen molar-refractivity contribution in [1.82, 2.24) is 10.3 Å². The van der Waals surface area contributed by atoms with Gasteiger partial charge in [-0.05, 0) is 19.1 Å². The van der Waals surface area contributed by atoms with Crippen LogP contribution < -0.4 is 5.32 Å². The van der Waals surface area contributed by atoms with Crippen LogP contribution in [0, 0.1) is 0 Å². The smallest absolute Gasteiger partial charge is 0.354 e. The minimum absolute atomic E-state index is 0.161. The van der Waals surface area contributed by atoms with E-state index in [9.17, 15) is 9.59 Å². The molecule has 102 valence electrons. The Bertz CT molecular complexity index is 485. The van der Waals surface area contributed by atoms with Gasteiger partial charge in [0, 0.05) is 18.3 Å². The lowest BCUT2D eigenvalue weighted by Gasteiger charge is -2.06. The van der Waals surface area contributed by atoms with Crippen LogP contribution in [0.15, 0.2) is 30.5 Å². The number of nitrogens with one attached hydrogen (secondary N) is 1. The Kier molecular flexibility index (Phi) is 5.69. The third-order valence-corrected chi connectivity index (χ3v) is 2.12. The van der Waals surface area contributed by atoms with E-state index < -0.39 is 5.97 Å². The highest BCUT2D eigenvalue weighted by atomic mass is 16.5. The fraction of sp³-hybridized carbons (Fsp3) is 0.308. The first-order valence-electron chi connectivity index (χ1n) is 5.70. The number of carbonyl (C=O) groups is 2. The number of ether oxygens (including phenoxy) is 1. The van der Waals surface area contributed by atoms with E-state index in [0.29, 0.717) is 19.8 Å². The SMILES string of the molecule is C=C(C)COCCNC(=O)c1ccnc(C(=O)O)c1. The van der Waals surface area contributed by atoms with Gasteiger partial charge >= 0.3 is 5.97 Å². The van der Waals surface area contributed by atoms with Crippen LogP contribution in [0.4, 0.5) is 0 Å². The maximum atomic E-state index is 11.7. The number of amides is 1. The fourth-order valence-corrected chi connectivity index (χ4v) is 1.27. The van der Waals surface area contributed by atoms with Crippen molar-refractivity contribution in [3.05, 3.63) is 41.7 Å². The number of carboxylic acids is 1. The van der Waals surface area contributed by atoms with Crippen molar-refractivity contribution in [2.75, 3.05) is 19.8 Å². The zero-order valence-electron chi connectivity index (χ0n) is 10.7. The van der Waals surface area contributed by atoms with E-state index in [1.807, 2.05) is 6.92 Å². The van der Waals surface area contributed by atoms with Crippen molar-refractivity contribution in [3.8, 4) is 0 Å². The van der Waals surface area contributed by atoms with E-state index in [1.54, 1.807) is 0 Å². The van der Waals surface area contributed by atoms with Crippen LogP contribution in [0.3, 0.4) is 0 Å². The van der Waals surface area contributed by atoms with Crippen LogP contribution in [0.2, 0.25) is 0 Å². The minimum atomic E-state index is -1.17. The summed E-state index contributed by atoms with van der Waals surface area (Å²) < 4.78 is 5.22. The summed E-state index contributed by atoms with van der Waals surface area (Å²) in [6, 6.07) is 2.68. The van der Waals surface area contributed by atoms with Crippen LogP contribution in [-0.2, 0) is 4.74 Å². The van der Waals surface area contributed by atoms with Gasteiger partial charge in [-0.15, -0.1) is 0 Å². The fourth-order valence-electron chi connectivity index (χ4n) is 1.27. The van der Waals surface area contributed by atoms with Crippen molar-refractivity contribution >= 4 is 11.9 Å². The highest BCUT2D eigenvalue weighted by Gasteiger charge is 2.09. The molecule has 0 saturated carbocycles. The molecule has 0 fully saturated rings. The lowest BCUT2D eigenvalue weighted by atomic mass is 10.2. The molecule has 1 heterocycles. The van der Waals surface area contributed by atoms with Crippen LogP contribution in [0.5, 0.6) is 0 Å². The van der Waals surface area contributed by atoms with Crippen molar-refractivity contribution < 1.29 is 19.4 Å². The van der Waals surface area contributed by atoms with Crippen LogP contribution in [-0.4, -0.2) is 41.7 Å². The van der Waals surface area contributed by atoms with E-state index in [1.165, 1.54) is 18.3 Å². The first-order chi connectivity index (χ1) is 9.00. The van der Waals surface area contributed by atoms with Crippen LogP contribution in [0.25, 0.3) is 0 Å². The first kappa shape index (κ1) is 14.8. The number of hydrogen-bond donors (Lipinski definition) is 2. The largest absolute Gasteiger partial charge is 0.477 e. The molecule has 0 aliphatic carbocycles. The number of aromatic carboxylic acids is 1. The summed E-state index contributed by atoms with van der Waals surface area (Å²) >= 11 is 0. The van der Waals surface area contributed by atoms with E-state index in [0.717, 1.165) is 5.57 Å². The summed E-state index contributed by atoms with van der Waals surface area (Å²) in [5.41, 5.74) is 1.00. The summed E-state index contributed by atoms with van der Waals surface area (Å²) in [5.74, 6) is -1.52. The second-order valence-corrected chi connectivity index (χ2v) is 4.00. The van der Waals surface area contributed by atoms with Crippen molar-refractivity contribution in [2.24, 2.45) is 0 Å². The maximum Gasteiger partial charge on any atom is 0.354 e. The Hall–Kier alpha value is -2.21. The molecule has 0 aliphatic rings. The van der Waals surface area contributed by atoms with Crippen molar-refractivity contribution in [2.45, 2.75) is 6.92 Å².